The standard InChI is InChI=1S/C27H30N2O5/c1-4-13-28(27(31)22-9-5-19(2)6-10-22)17-26(30)29(16-23-11-7-20(3)34-23)15-21-8-12-24-25(14-21)33-18-32-24/h5-12,14H,4,13,15-18H2,1-3H3. The lowest BCUT2D eigenvalue weighted by Crippen LogP contribution is -2.42. The highest BCUT2D eigenvalue weighted by molar-refractivity contribution is 5.96. The highest BCUT2D eigenvalue weighted by atomic mass is 16.7. The van der Waals surface area contributed by atoms with Gasteiger partial charge in [0.1, 0.15) is 18.1 Å². The van der Waals surface area contributed by atoms with E-state index in [9.17, 15) is 9.59 Å². The van der Waals surface area contributed by atoms with Crippen LogP contribution in [-0.4, -0.2) is 41.5 Å². The maximum Gasteiger partial charge on any atom is 0.254 e. The molecule has 0 spiro atoms. The molecule has 2 amide bonds. The minimum absolute atomic E-state index is 0.00913. The number of furan rings is 1. The van der Waals surface area contributed by atoms with Gasteiger partial charge in [0.05, 0.1) is 6.54 Å². The predicted octanol–water partition coefficient (Wildman–Crippen LogP) is 4.71. The van der Waals surface area contributed by atoms with E-state index in [0.29, 0.717) is 42.5 Å². The number of benzene rings is 2. The molecule has 34 heavy (non-hydrogen) atoms. The Hall–Kier alpha value is -3.74. The van der Waals surface area contributed by atoms with Crippen molar-refractivity contribution in [2.24, 2.45) is 0 Å². The fraction of sp³-hybridized carbons (Fsp3) is 0.333. The summed E-state index contributed by atoms with van der Waals surface area (Å²) in [6, 6.07) is 16.8. The largest absolute Gasteiger partial charge is 0.464 e. The molecule has 0 saturated carbocycles. The normalized spacial score (nSPS) is 12.0. The quantitative estimate of drug-likeness (QED) is 0.461. The van der Waals surface area contributed by atoms with Crippen LogP contribution in [0.4, 0.5) is 0 Å². The maximum absolute atomic E-state index is 13.5. The van der Waals surface area contributed by atoms with Gasteiger partial charge in [-0.1, -0.05) is 30.7 Å². The number of rotatable bonds is 9. The number of hydrogen-bond donors (Lipinski definition) is 0. The third-order valence-corrected chi connectivity index (χ3v) is 5.71. The second-order valence-electron chi connectivity index (χ2n) is 8.54. The van der Waals surface area contributed by atoms with Gasteiger partial charge in [-0.2, -0.15) is 0 Å². The number of hydrogen-bond acceptors (Lipinski definition) is 5. The molecule has 178 valence electrons. The van der Waals surface area contributed by atoms with Crippen molar-refractivity contribution < 1.29 is 23.5 Å². The molecule has 0 N–H and O–H groups in total. The number of amides is 2. The summed E-state index contributed by atoms with van der Waals surface area (Å²) in [6.07, 6.45) is 0.754. The molecule has 0 unspecified atom stereocenters. The maximum atomic E-state index is 13.5. The molecule has 0 radical (unpaired) electrons. The fourth-order valence-corrected chi connectivity index (χ4v) is 3.91. The van der Waals surface area contributed by atoms with Gasteiger partial charge in [0, 0.05) is 18.7 Å². The summed E-state index contributed by atoms with van der Waals surface area (Å²) in [6.45, 7) is 7.19. The molecule has 0 saturated heterocycles. The van der Waals surface area contributed by atoms with E-state index >= 15 is 0 Å². The molecule has 1 aliphatic heterocycles. The summed E-state index contributed by atoms with van der Waals surface area (Å²) >= 11 is 0. The van der Waals surface area contributed by atoms with Crippen molar-refractivity contribution >= 4 is 11.8 Å². The second kappa shape index (κ2) is 10.5. The Morgan fingerprint density at radius 2 is 1.65 bits per heavy atom. The summed E-state index contributed by atoms with van der Waals surface area (Å²) in [4.78, 5) is 30.0. The average molecular weight is 463 g/mol. The number of fused-ring (bicyclic) bond motifs is 1. The molecular weight excluding hydrogens is 432 g/mol. The monoisotopic (exact) mass is 462 g/mol. The summed E-state index contributed by atoms with van der Waals surface area (Å²) in [5, 5.41) is 0. The first-order valence-electron chi connectivity index (χ1n) is 11.5. The minimum Gasteiger partial charge on any atom is -0.464 e. The van der Waals surface area contributed by atoms with Crippen LogP contribution in [0.5, 0.6) is 11.5 Å². The van der Waals surface area contributed by atoms with Crippen LogP contribution in [0, 0.1) is 13.8 Å². The Labute approximate surface area is 199 Å². The van der Waals surface area contributed by atoms with Gasteiger partial charge in [0.25, 0.3) is 5.91 Å². The van der Waals surface area contributed by atoms with Gasteiger partial charge in [-0.3, -0.25) is 9.59 Å². The third kappa shape index (κ3) is 5.60. The van der Waals surface area contributed by atoms with Gasteiger partial charge in [0.15, 0.2) is 11.5 Å². The number of nitrogens with zero attached hydrogens (tertiary/aromatic N) is 2. The van der Waals surface area contributed by atoms with Crippen LogP contribution in [0.3, 0.4) is 0 Å². The van der Waals surface area contributed by atoms with Crippen molar-refractivity contribution in [3.8, 4) is 11.5 Å². The second-order valence-corrected chi connectivity index (χ2v) is 8.54. The van der Waals surface area contributed by atoms with Crippen molar-refractivity contribution in [2.45, 2.75) is 40.3 Å². The average Bonchev–Trinajstić information content (AvgIpc) is 3.46. The molecule has 4 rings (SSSR count). The van der Waals surface area contributed by atoms with E-state index in [4.69, 9.17) is 13.9 Å². The van der Waals surface area contributed by atoms with Crippen molar-refractivity contribution in [1.82, 2.24) is 9.80 Å². The predicted molar refractivity (Wildman–Crippen MR) is 128 cm³/mol. The third-order valence-electron chi connectivity index (χ3n) is 5.71. The van der Waals surface area contributed by atoms with Gasteiger partial charge >= 0.3 is 0 Å². The lowest BCUT2D eigenvalue weighted by Gasteiger charge is -2.27. The number of carbonyl (C=O) groups excluding carboxylic acids is 2. The van der Waals surface area contributed by atoms with E-state index in [2.05, 4.69) is 0 Å². The van der Waals surface area contributed by atoms with E-state index in [1.807, 2.05) is 63.2 Å². The Kier molecular flexibility index (Phi) is 7.21. The molecule has 0 aliphatic carbocycles. The zero-order chi connectivity index (χ0) is 24.1. The van der Waals surface area contributed by atoms with Crippen molar-refractivity contribution in [3.63, 3.8) is 0 Å². The number of aryl methyl sites for hydroxylation is 2. The Balaban J connectivity index is 1.54. The first-order valence-corrected chi connectivity index (χ1v) is 11.5. The first kappa shape index (κ1) is 23.4. The zero-order valence-electron chi connectivity index (χ0n) is 19.9. The van der Waals surface area contributed by atoms with Crippen LogP contribution in [0.15, 0.2) is 59.0 Å². The summed E-state index contributed by atoms with van der Waals surface area (Å²) in [5.41, 5.74) is 2.57. The molecule has 1 aliphatic rings. The summed E-state index contributed by atoms with van der Waals surface area (Å²) in [7, 11) is 0. The van der Waals surface area contributed by atoms with Crippen molar-refractivity contribution in [1.29, 1.82) is 0 Å². The van der Waals surface area contributed by atoms with E-state index in [1.54, 1.807) is 21.9 Å². The van der Waals surface area contributed by atoms with E-state index in [-0.39, 0.29) is 25.2 Å². The van der Waals surface area contributed by atoms with E-state index < -0.39 is 0 Å². The highest BCUT2D eigenvalue weighted by Gasteiger charge is 2.24. The summed E-state index contributed by atoms with van der Waals surface area (Å²) < 4.78 is 16.6. The molecule has 0 bridgehead atoms. The zero-order valence-corrected chi connectivity index (χ0v) is 19.9. The first-order chi connectivity index (χ1) is 16.4. The number of carbonyl (C=O) groups is 2. The fourth-order valence-electron chi connectivity index (χ4n) is 3.91. The minimum atomic E-state index is -0.152. The smallest absolute Gasteiger partial charge is 0.254 e. The molecule has 7 heteroatoms. The summed E-state index contributed by atoms with van der Waals surface area (Å²) in [5.74, 6) is 2.54. The molecular formula is C27H30N2O5. The van der Waals surface area contributed by atoms with Gasteiger partial charge < -0.3 is 23.7 Å². The van der Waals surface area contributed by atoms with Crippen LogP contribution in [-0.2, 0) is 17.9 Å². The number of ether oxygens (including phenoxy) is 2. The topological polar surface area (TPSA) is 72.2 Å². The molecule has 1 aromatic heterocycles. The van der Waals surface area contributed by atoms with Gasteiger partial charge in [-0.05, 0) is 62.2 Å². The lowest BCUT2D eigenvalue weighted by molar-refractivity contribution is -0.133. The SMILES string of the molecule is CCCN(CC(=O)N(Cc1ccc2c(c1)OCO2)Cc1ccc(C)o1)C(=O)c1ccc(C)cc1. The Morgan fingerprint density at radius 3 is 2.35 bits per heavy atom. The van der Waals surface area contributed by atoms with Crippen molar-refractivity contribution in [2.75, 3.05) is 19.9 Å². The molecule has 0 fully saturated rings. The van der Waals surface area contributed by atoms with E-state index in [1.165, 1.54) is 0 Å². The Morgan fingerprint density at radius 1 is 0.882 bits per heavy atom. The van der Waals surface area contributed by atoms with Crippen LogP contribution in [0.2, 0.25) is 0 Å². The Bertz CT molecular complexity index is 1150. The van der Waals surface area contributed by atoms with Crippen molar-refractivity contribution in [3.05, 3.63) is 82.8 Å². The van der Waals surface area contributed by atoms with Crippen LogP contribution in [0.25, 0.3) is 0 Å². The van der Waals surface area contributed by atoms with Gasteiger partial charge in [-0.25, -0.2) is 0 Å². The molecule has 3 aromatic rings. The lowest BCUT2D eigenvalue weighted by atomic mass is 10.1. The molecule has 0 atom stereocenters. The van der Waals surface area contributed by atoms with Crippen LogP contribution >= 0.6 is 0 Å². The van der Waals surface area contributed by atoms with Crippen LogP contribution in [0.1, 0.15) is 46.3 Å². The van der Waals surface area contributed by atoms with E-state index in [0.717, 1.165) is 23.3 Å². The van der Waals surface area contributed by atoms with Gasteiger partial charge in [-0.15, -0.1) is 0 Å². The van der Waals surface area contributed by atoms with Crippen LogP contribution < -0.4 is 9.47 Å². The molecule has 2 heterocycles. The highest BCUT2D eigenvalue weighted by Crippen LogP contribution is 2.33. The molecule has 2 aromatic carbocycles. The molecule has 7 nitrogen and oxygen atoms in total. The van der Waals surface area contributed by atoms with Gasteiger partial charge in [0.2, 0.25) is 12.7 Å².